The Morgan fingerprint density at radius 2 is 2.43 bits per heavy atom. The molecular formula is C9H15N3O2. The molecule has 0 spiro atoms. The Balaban J connectivity index is 2.21. The molecule has 0 saturated carbocycles. The molecule has 1 atom stereocenters. The molecule has 2 heterocycles. The Hall–Kier alpha value is -1.10. The molecule has 2 rings (SSSR count). The maximum Gasteiger partial charge on any atom is 0.377 e. The Morgan fingerprint density at radius 1 is 1.64 bits per heavy atom. The molecular weight excluding hydrogens is 182 g/mol. The second-order valence-electron chi connectivity index (χ2n) is 3.95. The fourth-order valence-corrected chi connectivity index (χ4v) is 2.06. The maximum atomic E-state index is 10.8. The number of hydrogen-bond donors (Lipinski definition) is 1. The lowest BCUT2D eigenvalue weighted by molar-refractivity contribution is 0.170. The van der Waals surface area contributed by atoms with Gasteiger partial charge in [0.25, 0.3) is 0 Å². The molecule has 5 heteroatoms. The minimum absolute atomic E-state index is 0.175. The van der Waals surface area contributed by atoms with Crippen LogP contribution in [-0.2, 0) is 0 Å². The summed E-state index contributed by atoms with van der Waals surface area (Å²) in [6.45, 7) is 5.34. The van der Waals surface area contributed by atoms with E-state index in [9.17, 15) is 4.79 Å². The minimum Gasteiger partial charge on any atom is -0.360 e. The van der Waals surface area contributed by atoms with Crippen LogP contribution in [-0.4, -0.2) is 27.6 Å². The van der Waals surface area contributed by atoms with Gasteiger partial charge in [-0.1, -0.05) is 0 Å². The van der Waals surface area contributed by atoms with Gasteiger partial charge in [0.15, 0.2) is 0 Å². The van der Waals surface area contributed by atoms with Crippen LogP contribution < -0.4 is 5.69 Å². The van der Waals surface area contributed by atoms with Crippen LogP contribution >= 0.6 is 0 Å². The van der Waals surface area contributed by atoms with E-state index in [0.717, 1.165) is 19.4 Å². The van der Waals surface area contributed by atoms with Gasteiger partial charge in [-0.05, 0) is 33.2 Å². The highest BCUT2D eigenvalue weighted by Crippen LogP contribution is 2.31. The Bertz CT molecular complexity index is 355. The maximum absolute atomic E-state index is 10.8. The van der Waals surface area contributed by atoms with E-state index in [1.165, 1.54) is 0 Å². The molecule has 1 aromatic rings. The minimum atomic E-state index is -0.393. The second kappa shape index (κ2) is 3.57. The molecule has 1 aliphatic heterocycles. The van der Waals surface area contributed by atoms with Gasteiger partial charge in [-0.3, -0.25) is 4.90 Å². The zero-order chi connectivity index (χ0) is 10.1. The number of nitrogens with one attached hydrogen (secondary N) is 1. The summed E-state index contributed by atoms with van der Waals surface area (Å²) in [7, 11) is 0. The van der Waals surface area contributed by atoms with Crippen molar-refractivity contribution in [2.24, 2.45) is 0 Å². The second-order valence-corrected chi connectivity index (χ2v) is 3.95. The van der Waals surface area contributed by atoms with Crippen molar-refractivity contribution in [3.05, 3.63) is 16.4 Å². The predicted molar refractivity (Wildman–Crippen MR) is 50.9 cm³/mol. The van der Waals surface area contributed by atoms with Crippen LogP contribution in [0.3, 0.4) is 0 Å². The number of aromatic amines is 1. The largest absolute Gasteiger partial charge is 0.377 e. The van der Waals surface area contributed by atoms with Gasteiger partial charge in [0.1, 0.15) is 0 Å². The fourth-order valence-electron chi connectivity index (χ4n) is 2.06. The van der Waals surface area contributed by atoms with Gasteiger partial charge < -0.3 is 4.52 Å². The summed E-state index contributed by atoms with van der Waals surface area (Å²) in [5.74, 6) is 0.529. The third-order valence-corrected chi connectivity index (χ3v) is 2.70. The van der Waals surface area contributed by atoms with Gasteiger partial charge in [0.2, 0.25) is 5.89 Å². The highest BCUT2D eigenvalue weighted by Gasteiger charge is 2.31. The lowest BCUT2D eigenvalue weighted by Crippen LogP contribution is -2.30. The van der Waals surface area contributed by atoms with Crippen LogP contribution in [0, 0.1) is 0 Å². The SMILES string of the molecule is CC(C)N1CCC[C@H]1c1nc(=O)[nH]o1. The van der Waals surface area contributed by atoms with Crippen molar-refractivity contribution in [2.75, 3.05) is 6.54 Å². The van der Waals surface area contributed by atoms with Crippen LogP contribution in [0.2, 0.25) is 0 Å². The molecule has 1 aromatic heterocycles. The van der Waals surface area contributed by atoms with E-state index < -0.39 is 5.69 Å². The average molecular weight is 197 g/mol. The van der Waals surface area contributed by atoms with E-state index >= 15 is 0 Å². The highest BCUT2D eigenvalue weighted by atomic mass is 16.5. The van der Waals surface area contributed by atoms with Gasteiger partial charge in [-0.25, -0.2) is 4.79 Å². The van der Waals surface area contributed by atoms with Crippen molar-refractivity contribution in [2.45, 2.75) is 38.8 Å². The van der Waals surface area contributed by atoms with E-state index in [1.807, 2.05) is 0 Å². The first-order chi connectivity index (χ1) is 6.68. The van der Waals surface area contributed by atoms with E-state index in [1.54, 1.807) is 0 Å². The number of nitrogens with zero attached hydrogens (tertiary/aromatic N) is 2. The van der Waals surface area contributed by atoms with Crippen molar-refractivity contribution in [3.63, 3.8) is 0 Å². The third-order valence-electron chi connectivity index (χ3n) is 2.70. The first kappa shape index (κ1) is 9.45. The molecule has 1 saturated heterocycles. The van der Waals surface area contributed by atoms with Gasteiger partial charge >= 0.3 is 5.69 Å². The average Bonchev–Trinajstić information content (AvgIpc) is 2.70. The molecule has 0 unspecified atom stereocenters. The quantitative estimate of drug-likeness (QED) is 0.765. The van der Waals surface area contributed by atoms with Gasteiger partial charge in [0.05, 0.1) is 6.04 Å². The van der Waals surface area contributed by atoms with E-state index in [-0.39, 0.29) is 6.04 Å². The van der Waals surface area contributed by atoms with Gasteiger partial charge in [-0.15, -0.1) is 0 Å². The molecule has 1 aliphatic rings. The first-order valence-electron chi connectivity index (χ1n) is 4.99. The summed E-state index contributed by atoms with van der Waals surface area (Å²) in [6, 6.07) is 0.637. The van der Waals surface area contributed by atoms with Crippen molar-refractivity contribution >= 4 is 0 Å². The van der Waals surface area contributed by atoms with Crippen molar-refractivity contribution in [3.8, 4) is 0 Å². The van der Waals surface area contributed by atoms with E-state index in [0.29, 0.717) is 11.9 Å². The first-order valence-corrected chi connectivity index (χ1v) is 4.99. The Morgan fingerprint density at radius 3 is 3.00 bits per heavy atom. The Kier molecular flexibility index (Phi) is 2.41. The summed E-state index contributed by atoms with van der Waals surface area (Å²) in [4.78, 5) is 17.0. The molecule has 0 aliphatic carbocycles. The Labute approximate surface area is 82.1 Å². The molecule has 0 radical (unpaired) electrons. The van der Waals surface area contributed by atoms with Crippen molar-refractivity contribution in [1.82, 2.24) is 15.0 Å². The van der Waals surface area contributed by atoms with Crippen molar-refractivity contribution < 1.29 is 4.52 Å². The molecule has 14 heavy (non-hydrogen) atoms. The smallest absolute Gasteiger partial charge is 0.360 e. The predicted octanol–water partition coefficient (Wildman–Crippen LogP) is 0.908. The molecule has 78 valence electrons. The van der Waals surface area contributed by atoms with Crippen LogP contribution in [0.25, 0.3) is 0 Å². The van der Waals surface area contributed by atoms with Gasteiger partial charge in [0, 0.05) is 6.04 Å². The van der Waals surface area contributed by atoms with Crippen LogP contribution in [0.1, 0.15) is 38.6 Å². The fraction of sp³-hybridized carbons (Fsp3) is 0.778. The van der Waals surface area contributed by atoms with E-state index in [2.05, 4.69) is 28.9 Å². The van der Waals surface area contributed by atoms with Gasteiger partial charge in [-0.2, -0.15) is 10.1 Å². The molecule has 0 aromatic carbocycles. The monoisotopic (exact) mass is 197 g/mol. The molecule has 5 nitrogen and oxygen atoms in total. The lowest BCUT2D eigenvalue weighted by Gasteiger charge is -2.25. The summed E-state index contributed by atoms with van der Waals surface area (Å²) in [6.07, 6.45) is 2.16. The summed E-state index contributed by atoms with van der Waals surface area (Å²) in [5.41, 5.74) is -0.393. The molecule has 0 bridgehead atoms. The summed E-state index contributed by atoms with van der Waals surface area (Å²) < 4.78 is 5.04. The number of aromatic nitrogens is 2. The zero-order valence-electron chi connectivity index (χ0n) is 8.49. The highest BCUT2D eigenvalue weighted by molar-refractivity contribution is 4.93. The zero-order valence-corrected chi connectivity index (χ0v) is 8.49. The summed E-state index contributed by atoms with van der Waals surface area (Å²) >= 11 is 0. The van der Waals surface area contributed by atoms with Crippen molar-refractivity contribution in [1.29, 1.82) is 0 Å². The number of H-pyrrole nitrogens is 1. The molecule has 1 N–H and O–H groups in total. The number of hydrogen-bond acceptors (Lipinski definition) is 4. The normalized spacial score (nSPS) is 23.5. The van der Waals surface area contributed by atoms with Crippen LogP contribution in [0.4, 0.5) is 0 Å². The topological polar surface area (TPSA) is 62.1 Å². The van der Waals surface area contributed by atoms with Crippen LogP contribution in [0.5, 0.6) is 0 Å². The number of likely N-dealkylation sites (tertiary alicyclic amines) is 1. The lowest BCUT2D eigenvalue weighted by atomic mass is 10.2. The molecule has 1 fully saturated rings. The summed E-state index contributed by atoms with van der Waals surface area (Å²) in [5, 5.41) is 2.24. The van der Waals surface area contributed by atoms with Crippen LogP contribution in [0.15, 0.2) is 9.32 Å². The molecule has 0 amide bonds. The van der Waals surface area contributed by atoms with E-state index in [4.69, 9.17) is 4.52 Å². The standard InChI is InChI=1S/C9H15N3O2/c1-6(2)12-5-3-4-7(12)8-10-9(13)11-14-8/h6-7H,3-5H2,1-2H3,(H,11,13)/t7-/m0/s1. The third kappa shape index (κ3) is 1.59. The number of rotatable bonds is 2.